The largest absolute Gasteiger partial charge is 0.454 e. The van der Waals surface area contributed by atoms with Crippen LogP contribution in [0.2, 0.25) is 0 Å². The van der Waals surface area contributed by atoms with Gasteiger partial charge in [0.25, 0.3) is 0 Å². The molecule has 11 heteroatoms. The van der Waals surface area contributed by atoms with Crippen LogP contribution >= 0.6 is 0 Å². The first-order valence-corrected chi connectivity index (χ1v) is 34.4. The first-order chi connectivity index (χ1) is 40.7. The predicted molar refractivity (Wildman–Crippen MR) is 347 cm³/mol. The van der Waals surface area contributed by atoms with Crippen molar-refractivity contribution in [3.05, 3.63) is 85.1 Å². The monoisotopic (exact) mass is 1170 g/mol. The minimum Gasteiger partial charge on any atom is -0.454 e. The number of unbranched alkanes of at least 4 members (excludes halogenated alkanes) is 32. The molecule has 0 aromatic rings. The normalized spacial score (nSPS) is 19.1. The molecule has 0 aromatic heterocycles. The van der Waals surface area contributed by atoms with Crippen LogP contribution in [0, 0.1) is 0 Å². The zero-order valence-electron chi connectivity index (χ0n) is 53.3. The molecule has 1 amide bonds. The summed E-state index contributed by atoms with van der Waals surface area (Å²) in [6, 6.07) is -1.03. The van der Waals surface area contributed by atoms with Crippen LogP contribution in [0.25, 0.3) is 0 Å². The maximum Gasteiger partial charge on any atom is 0.306 e. The Hall–Kier alpha value is -3.16. The van der Waals surface area contributed by atoms with E-state index in [0.29, 0.717) is 12.8 Å². The van der Waals surface area contributed by atoms with Gasteiger partial charge in [-0.1, -0.05) is 279 Å². The molecule has 1 aliphatic rings. The van der Waals surface area contributed by atoms with E-state index in [-0.39, 0.29) is 19.4 Å². The molecule has 1 heterocycles. The summed E-state index contributed by atoms with van der Waals surface area (Å²) in [5, 5.41) is 57.1. The molecule has 11 nitrogen and oxygen atoms in total. The van der Waals surface area contributed by atoms with Gasteiger partial charge in [-0.3, -0.25) is 9.59 Å². The highest BCUT2D eigenvalue weighted by molar-refractivity contribution is 5.80. The third-order valence-electron chi connectivity index (χ3n) is 15.8. The summed E-state index contributed by atoms with van der Waals surface area (Å²) >= 11 is 0. The minimum atomic E-state index is -1.62. The summed E-state index contributed by atoms with van der Waals surface area (Å²) in [6.07, 6.45) is 67.6. The van der Waals surface area contributed by atoms with E-state index in [2.05, 4.69) is 99.0 Å². The molecule has 6 N–H and O–H groups in total. The van der Waals surface area contributed by atoms with E-state index < -0.39 is 67.4 Å². The van der Waals surface area contributed by atoms with Crippen molar-refractivity contribution in [1.82, 2.24) is 5.32 Å². The second-order valence-corrected chi connectivity index (χ2v) is 23.5. The third-order valence-corrected chi connectivity index (χ3v) is 15.8. The molecule has 0 spiro atoms. The Kier molecular flexibility index (Phi) is 55.5. The van der Waals surface area contributed by atoms with E-state index in [9.17, 15) is 35.1 Å². The summed E-state index contributed by atoms with van der Waals surface area (Å²) in [6.45, 7) is 5.68. The highest BCUT2D eigenvalue weighted by Gasteiger charge is 2.47. The number of ether oxygens (including phenoxy) is 3. The lowest BCUT2D eigenvalue weighted by molar-refractivity contribution is -0.305. The van der Waals surface area contributed by atoms with Crippen molar-refractivity contribution in [2.24, 2.45) is 0 Å². The van der Waals surface area contributed by atoms with Crippen LogP contribution in [0.1, 0.15) is 297 Å². The predicted octanol–water partition coefficient (Wildman–Crippen LogP) is 17.3. The SMILES string of the molecule is CC/C=C\C/C=C\C/C=C\C/C=C\C/C=C\CCCCCCCCCCCCC(O)C(=O)NC(COC1OC(CO)C(O)C(O)C1OC(=O)CCCCCCCCC/C=C/CCCCCCCC)C(O)/C=C/CCCCCCCCCCC. The van der Waals surface area contributed by atoms with E-state index in [4.69, 9.17) is 14.2 Å². The van der Waals surface area contributed by atoms with Gasteiger partial charge in [-0.2, -0.15) is 0 Å². The van der Waals surface area contributed by atoms with E-state index in [0.717, 1.165) is 109 Å². The lowest BCUT2D eigenvalue weighted by Gasteiger charge is -2.41. The number of nitrogens with one attached hydrogen (secondary N) is 1. The third kappa shape index (κ3) is 46.7. The Morgan fingerprint density at radius 3 is 1.31 bits per heavy atom. The number of aliphatic hydroxyl groups excluding tert-OH is 5. The molecular formula is C72H127NO10. The van der Waals surface area contributed by atoms with E-state index in [1.807, 2.05) is 6.08 Å². The van der Waals surface area contributed by atoms with Crippen LogP contribution in [0.15, 0.2) is 85.1 Å². The highest BCUT2D eigenvalue weighted by Crippen LogP contribution is 2.26. The van der Waals surface area contributed by atoms with Gasteiger partial charge in [-0.25, -0.2) is 0 Å². The van der Waals surface area contributed by atoms with Crippen molar-refractivity contribution < 1.29 is 49.3 Å². The van der Waals surface area contributed by atoms with Gasteiger partial charge in [0.15, 0.2) is 12.4 Å². The van der Waals surface area contributed by atoms with Crippen LogP contribution in [-0.2, 0) is 23.8 Å². The van der Waals surface area contributed by atoms with Crippen LogP contribution in [-0.4, -0.2) is 99.6 Å². The molecule has 0 aliphatic carbocycles. The first kappa shape index (κ1) is 77.9. The summed E-state index contributed by atoms with van der Waals surface area (Å²) in [5.74, 6) is -1.20. The first-order valence-electron chi connectivity index (χ1n) is 34.4. The van der Waals surface area contributed by atoms with Gasteiger partial charge in [0.05, 0.1) is 25.4 Å². The Morgan fingerprint density at radius 1 is 0.482 bits per heavy atom. The molecule has 1 saturated heterocycles. The molecule has 8 unspecified atom stereocenters. The fourth-order valence-corrected chi connectivity index (χ4v) is 10.4. The lowest BCUT2D eigenvalue weighted by atomic mass is 9.99. The Balaban J connectivity index is 2.57. The van der Waals surface area contributed by atoms with Crippen LogP contribution in [0.3, 0.4) is 0 Å². The van der Waals surface area contributed by atoms with E-state index in [1.54, 1.807) is 6.08 Å². The van der Waals surface area contributed by atoms with Crippen molar-refractivity contribution in [2.45, 2.75) is 346 Å². The number of hydrogen-bond donors (Lipinski definition) is 6. The van der Waals surface area contributed by atoms with E-state index >= 15 is 0 Å². The molecule has 1 aliphatic heterocycles. The van der Waals surface area contributed by atoms with Gasteiger partial charge in [0.2, 0.25) is 5.91 Å². The molecule has 8 atom stereocenters. The van der Waals surface area contributed by atoms with Crippen molar-refractivity contribution >= 4 is 11.9 Å². The minimum absolute atomic E-state index is 0.117. The van der Waals surface area contributed by atoms with Gasteiger partial charge >= 0.3 is 5.97 Å². The molecule has 1 rings (SSSR count). The van der Waals surface area contributed by atoms with Crippen LogP contribution in [0.5, 0.6) is 0 Å². The maximum absolute atomic E-state index is 13.5. The molecule has 1 fully saturated rings. The van der Waals surface area contributed by atoms with Crippen LogP contribution in [0.4, 0.5) is 0 Å². The second-order valence-electron chi connectivity index (χ2n) is 23.5. The molecule has 0 bridgehead atoms. The smallest absolute Gasteiger partial charge is 0.306 e. The number of allylic oxidation sites excluding steroid dienone is 13. The number of amides is 1. The molecular weight excluding hydrogens is 1040 g/mol. The number of aliphatic hydroxyl groups is 5. The second kappa shape index (κ2) is 59.2. The van der Waals surface area contributed by atoms with Gasteiger partial charge in [-0.15, -0.1) is 0 Å². The van der Waals surface area contributed by atoms with Crippen molar-refractivity contribution in [3.63, 3.8) is 0 Å². The zero-order chi connectivity index (χ0) is 60.3. The lowest BCUT2D eigenvalue weighted by Crippen LogP contribution is -2.61. The Bertz CT molecular complexity index is 1670. The zero-order valence-corrected chi connectivity index (χ0v) is 53.3. The summed E-state index contributed by atoms with van der Waals surface area (Å²) in [7, 11) is 0. The van der Waals surface area contributed by atoms with Crippen molar-refractivity contribution in [2.75, 3.05) is 13.2 Å². The summed E-state index contributed by atoms with van der Waals surface area (Å²) in [4.78, 5) is 26.6. The number of carbonyl (C=O) groups excluding carboxylic acids is 2. The topological polar surface area (TPSA) is 175 Å². The Morgan fingerprint density at radius 2 is 0.867 bits per heavy atom. The fourth-order valence-electron chi connectivity index (χ4n) is 10.4. The summed E-state index contributed by atoms with van der Waals surface area (Å²) in [5.41, 5.74) is 0. The number of carbonyl (C=O) groups is 2. The number of esters is 1. The van der Waals surface area contributed by atoms with Gasteiger partial charge in [-0.05, 0) is 96.3 Å². The standard InChI is InChI=1S/C72H127NO10/c1-4-7-10-13-16-19-22-24-26-28-29-30-31-32-33-34-35-36-38-39-41-44-47-50-53-56-59-65(76)71(80)73-63(64(75)58-55-52-49-46-43-21-18-15-12-9-6-3)62-81-72-70(69(79)68(78)66(61-74)82-72)83-67(77)60-57-54-51-48-45-42-40-37-27-25-23-20-17-14-11-8-5-2/h7,10,16,19,24-27,29-30,32-33,55,58,63-66,68-70,72,74-76,78-79H,4-6,8-9,11-15,17-18,20-23,28,31,34-54,56-57,59-62H2,1-3H3,(H,73,80)/b10-7-,19-16-,26-24-,27-25+,30-29-,33-32-,58-55+. The van der Waals surface area contributed by atoms with Gasteiger partial charge in [0, 0.05) is 6.42 Å². The van der Waals surface area contributed by atoms with Crippen molar-refractivity contribution in [1.29, 1.82) is 0 Å². The Labute approximate surface area is 508 Å². The average Bonchev–Trinajstić information content (AvgIpc) is 3.62. The average molecular weight is 1170 g/mol. The van der Waals surface area contributed by atoms with E-state index in [1.165, 1.54) is 141 Å². The number of hydrogen-bond acceptors (Lipinski definition) is 10. The highest BCUT2D eigenvalue weighted by atomic mass is 16.7. The maximum atomic E-state index is 13.5. The molecule has 0 radical (unpaired) electrons. The molecule has 83 heavy (non-hydrogen) atoms. The van der Waals surface area contributed by atoms with Gasteiger partial charge in [0.1, 0.15) is 24.4 Å². The molecule has 0 aromatic carbocycles. The van der Waals surface area contributed by atoms with Gasteiger partial charge < -0.3 is 45.1 Å². The fraction of sp³-hybridized carbons (Fsp3) is 0.778. The van der Waals surface area contributed by atoms with Crippen molar-refractivity contribution in [3.8, 4) is 0 Å². The quantitative estimate of drug-likeness (QED) is 0.0195. The number of rotatable bonds is 58. The summed E-state index contributed by atoms with van der Waals surface area (Å²) < 4.78 is 17.7. The molecule has 480 valence electrons. The van der Waals surface area contributed by atoms with Crippen LogP contribution < -0.4 is 5.32 Å². The molecule has 0 saturated carbocycles.